The van der Waals surface area contributed by atoms with Crippen LogP contribution in [-0.4, -0.2) is 40.2 Å². The number of hydrogen-bond donors (Lipinski definition) is 1. The number of benzene rings is 1. The van der Waals surface area contributed by atoms with E-state index in [0.29, 0.717) is 21.2 Å². The second-order valence-corrected chi connectivity index (χ2v) is 9.42. The molecular formula is C22H22ClN3O6S2. The highest BCUT2D eigenvalue weighted by molar-refractivity contribution is 7.99. The molecule has 0 saturated heterocycles. The molecule has 0 aliphatic carbocycles. The normalized spacial score (nSPS) is 10.7. The number of hydrogen-bond acceptors (Lipinski definition) is 10. The van der Waals surface area contributed by atoms with Crippen molar-refractivity contribution >= 4 is 57.4 Å². The molecule has 0 radical (unpaired) electrons. The monoisotopic (exact) mass is 523 g/mol. The number of ether oxygens (including phenoxy) is 2. The van der Waals surface area contributed by atoms with Crippen LogP contribution in [0.2, 0.25) is 5.02 Å². The Labute approximate surface area is 209 Å². The number of ketones is 1. The van der Waals surface area contributed by atoms with Gasteiger partial charge in [0.25, 0.3) is 11.1 Å². The van der Waals surface area contributed by atoms with Crippen LogP contribution in [0.3, 0.4) is 0 Å². The zero-order chi connectivity index (χ0) is 24.8. The first-order chi connectivity index (χ1) is 16.2. The van der Waals surface area contributed by atoms with Gasteiger partial charge in [-0.1, -0.05) is 23.4 Å². The molecular weight excluding hydrogens is 502 g/mol. The third-order valence-corrected chi connectivity index (χ3v) is 6.82. The summed E-state index contributed by atoms with van der Waals surface area (Å²) < 4.78 is 16.3. The number of carbonyl (C=O) groups is 3. The van der Waals surface area contributed by atoms with Crippen molar-refractivity contribution in [3.05, 3.63) is 50.7 Å². The summed E-state index contributed by atoms with van der Waals surface area (Å²) >= 11 is 8.02. The molecule has 2 heterocycles. The second kappa shape index (κ2) is 11.5. The van der Waals surface area contributed by atoms with Crippen molar-refractivity contribution in [3.8, 4) is 5.75 Å². The summed E-state index contributed by atoms with van der Waals surface area (Å²) in [5.41, 5.74) is 1.54. The van der Waals surface area contributed by atoms with E-state index in [1.54, 1.807) is 32.0 Å². The zero-order valence-corrected chi connectivity index (χ0v) is 21.3. The fourth-order valence-corrected chi connectivity index (χ4v) is 4.86. The van der Waals surface area contributed by atoms with Crippen LogP contribution in [0.25, 0.3) is 0 Å². The van der Waals surface area contributed by atoms with Crippen molar-refractivity contribution in [2.75, 3.05) is 17.7 Å². The number of anilines is 1. The molecule has 0 saturated carbocycles. The number of nitrogens with zero attached hydrogens (tertiary/aromatic N) is 2. The molecule has 0 aliphatic heterocycles. The summed E-state index contributed by atoms with van der Waals surface area (Å²) in [6.07, 6.45) is 0. The van der Waals surface area contributed by atoms with Crippen LogP contribution >= 0.6 is 34.7 Å². The van der Waals surface area contributed by atoms with Crippen LogP contribution in [0.5, 0.6) is 5.75 Å². The quantitative estimate of drug-likeness (QED) is 0.220. The third kappa shape index (κ3) is 6.37. The molecule has 2 aromatic heterocycles. The summed E-state index contributed by atoms with van der Waals surface area (Å²) in [5.74, 6) is -0.347. The minimum atomic E-state index is -0.593. The van der Waals surface area contributed by atoms with Gasteiger partial charge in [-0.3, -0.25) is 9.59 Å². The van der Waals surface area contributed by atoms with Crippen molar-refractivity contribution in [3.63, 3.8) is 0 Å². The first-order valence-corrected chi connectivity index (χ1v) is 12.3. The standard InChI is InChI=1S/C22H22ClN3O6S2/c1-5-30-21(29)18-12(3)19(13(4)27)34-20(18)24-16(28)10-33-22-26-25-17(32-22)9-31-15-7-6-14(23)8-11(15)2/h6-8H,5,9-10H2,1-4H3,(H,24,28). The Morgan fingerprint density at radius 1 is 1.24 bits per heavy atom. The van der Waals surface area contributed by atoms with Gasteiger partial charge in [0.15, 0.2) is 12.4 Å². The summed E-state index contributed by atoms with van der Waals surface area (Å²) in [4.78, 5) is 37.1. The van der Waals surface area contributed by atoms with E-state index in [-0.39, 0.29) is 46.4 Å². The van der Waals surface area contributed by atoms with Crippen LogP contribution in [0.4, 0.5) is 5.00 Å². The van der Waals surface area contributed by atoms with Gasteiger partial charge in [-0.2, -0.15) is 0 Å². The number of Topliss-reactive ketones (excluding diaryl/α,β-unsaturated/α-hetero) is 1. The van der Waals surface area contributed by atoms with Crippen LogP contribution in [0.1, 0.15) is 50.9 Å². The molecule has 34 heavy (non-hydrogen) atoms. The smallest absolute Gasteiger partial charge is 0.341 e. The molecule has 3 rings (SSSR count). The number of aromatic nitrogens is 2. The number of aryl methyl sites for hydroxylation is 1. The van der Waals surface area contributed by atoms with Crippen molar-refractivity contribution < 1.29 is 28.3 Å². The van der Waals surface area contributed by atoms with Gasteiger partial charge in [0, 0.05) is 5.02 Å². The maximum absolute atomic E-state index is 12.5. The van der Waals surface area contributed by atoms with Crippen LogP contribution in [0.15, 0.2) is 27.8 Å². The predicted octanol–water partition coefficient (Wildman–Crippen LogP) is 5.09. The molecule has 12 heteroatoms. The minimum Gasteiger partial charge on any atom is -0.484 e. The molecule has 1 amide bonds. The van der Waals surface area contributed by atoms with Crippen molar-refractivity contribution in [1.29, 1.82) is 0 Å². The highest BCUT2D eigenvalue weighted by Gasteiger charge is 2.25. The van der Waals surface area contributed by atoms with Crippen LogP contribution in [0, 0.1) is 13.8 Å². The summed E-state index contributed by atoms with van der Waals surface area (Å²) in [6.45, 7) is 6.84. The van der Waals surface area contributed by atoms with Gasteiger partial charge in [0.1, 0.15) is 10.8 Å². The molecule has 0 unspecified atom stereocenters. The number of amides is 1. The Bertz CT molecular complexity index is 1220. The number of esters is 1. The Balaban J connectivity index is 1.59. The van der Waals surface area contributed by atoms with Gasteiger partial charge >= 0.3 is 5.97 Å². The largest absolute Gasteiger partial charge is 0.484 e. The molecule has 0 aliphatic rings. The lowest BCUT2D eigenvalue weighted by Crippen LogP contribution is -2.16. The average molecular weight is 524 g/mol. The molecule has 9 nitrogen and oxygen atoms in total. The number of halogens is 1. The molecule has 0 fully saturated rings. The summed E-state index contributed by atoms with van der Waals surface area (Å²) in [6, 6.07) is 5.26. The Morgan fingerprint density at radius 2 is 2.00 bits per heavy atom. The van der Waals surface area contributed by atoms with Crippen LogP contribution in [-0.2, 0) is 16.1 Å². The molecule has 0 bridgehead atoms. The summed E-state index contributed by atoms with van der Waals surface area (Å²) in [7, 11) is 0. The molecule has 180 valence electrons. The Hall–Kier alpha value is -2.89. The fraction of sp³-hybridized carbons (Fsp3) is 0.318. The number of thiophene rings is 1. The zero-order valence-electron chi connectivity index (χ0n) is 18.9. The molecule has 1 N–H and O–H groups in total. The van der Waals surface area contributed by atoms with E-state index in [9.17, 15) is 14.4 Å². The fourth-order valence-electron chi connectivity index (χ4n) is 2.95. The van der Waals surface area contributed by atoms with Crippen LogP contribution < -0.4 is 10.1 Å². The molecule has 0 spiro atoms. The lowest BCUT2D eigenvalue weighted by molar-refractivity contribution is -0.113. The average Bonchev–Trinajstić information content (AvgIpc) is 3.36. The van der Waals surface area contributed by atoms with Crippen molar-refractivity contribution in [2.45, 2.75) is 39.5 Å². The number of nitrogens with one attached hydrogen (secondary N) is 1. The van der Waals surface area contributed by atoms with Gasteiger partial charge in [0.2, 0.25) is 5.91 Å². The van der Waals surface area contributed by atoms with Gasteiger partial charge in [-0.15, -0.1) is 21.5 Å². The van der Waals surface area contributed by atoms with E-state index in [4.69, 9.17) is 25.5 Å². The summed E-state index contributed by atoms with van der Waals surface area (Å²) in [5, 5.41) is 11.6. The van der Waals surface area contributed by atoms with E-state index in [1.165, 1.54) is 6.92 Å². The van der Waals surface area contributed by atoms with Gasteiger partial charge in [0.05, 0.1) is 22.8 Å². The lowest BCUT2D eigenvalue weighted by atomic mass is 10.1. The van der Waals surface area contributed by atoms with Gasteiger partial charge in [-0.25, -0.2) is 4.79 Å². The van der Waals surface area contributed by atoms with E-state index < -0.39 is 11.9 Å². The lowest BCUT2D eigenvalue weighted by Gasteiger charge is -2.07. The molecule has 3 aromatic rings. The Morgan fingerprint density at radius 3 is 2.68 bits per heavy atom. The van der Waals surface area contributed by atoms with E-state index in [1.807, 2.05) is 6.92 Å². The highest BCUT2D eigenvalue weighted by Crippen LogP contribution is 2.34. The maximum Gasteiger partial charge on any atom is 0.341 e. The van der Waals surface area contributed by atoms with E-state index >= 15 is 0 Å². The minimum absolute atomic E-state index is 0.0482. The third-order valence-electron chi connectivity index (χ3n) is 4.46. The predicted molar refractivity (Wildman–Crippen MR) is 129 cm³/mol. The van der Waals surface area contributed by atoms with E-state index in [0.717, 1.165) is 28.7 Å². The molecule has 1 aromatic carbocycles. The van der Waals surface area contributed by atoms with E-state index in [2.05, 4.69) is 15.5 Å². The van der Waals surface area contributed by atoms with Crippen molar-refractivity contribution in [2.24, 2.45) is 0 Å². The Kier molecular flexibility index (Phi) is 8.70. The SMILES string of the molecule is CCOC(=O)c1c(NC(=O)CSc2nnc(COc3ccc(Cl)cc3C)o2)sc(C(C)=O)c1C. The van der Waals surface area contributed by atoms with Gasteiger partial charge in [-0.05, 0) is 57.0 Å². The highest BCUT2D eigenvalue weighted by atomic mass is 35.5. The molecule has 0 atom stereocenters. The number of carbonyl (C=O) groups excluding carboxylic acids is 3. The maximum atomic E-state index is 12.5. The first-order valence-electron chi connectivity index (χ1n) is 10.1. The van der Waals surface area contributed by atoms with Gasteiger partial charge < -0.3 is 19.2 Å². The first kappa shape index (κ1) is 25.7. The topological polar surface area (TPSA) is 121 Å². The number of thioether (sulfide) groups is 1. The second-order valence-electron chi connectivity index (χ2n) is 7.03. The van der Waals surface area contributed by atoms with Crippen molar-refractivity contribution in [1.82, 2.24) is 10.2 Å². The number of rotatable bonds is 10.